The van der Waals surface area contributed by atoms with Crippen molar-refractivity contribution in [3.05, 3.63) is 53.6 Å². The van der Waals surface area contributed by atoms with Gasteiger partial charge in [-0.1, -0.05) is 19.1 Å². The molecular weight excluding hydrogens is 320 g/mol. The second-order valence-electron chi connectivity index (χ2n) is 5.33. The largest absolute Gasteiger partial charge is 0.493 e. The molecule has 132 valence electrons. The molecule has 6 nitrogen and oxygen atoms in total. The standard InChI is InChI=1S/C19H22N2O4/c1-4-11-20-19(23)14-7-5-6-8-15(14)21-18(22)13-9-10-16(24-2)17(12-13)25-3/h5-10,12H,4,11H2,1-3H3,(H,20,23)(H,21,22). The summed E-state index contributed by atoms with van der Waals surface area (Å²) in [5, 5.41) is 5.59. The van der Waals surface area contributed by atoms with Gasteiger partial charge < -0.3 is 20.1 Å². The van der Waals surface area contributed by atoms with Crippen LogP contribution in [-0.4, -0.2) is 32.6 Å². The lowest BCUT2D eigenvalue weighted by atomic mass is 10.1. The van der Waals surface area contributed by atoms with Gasteiger partial charge in [0.2, 0.25) is 0 Å². The van der Waals surface area contributed by atoms with Gasteiger partial charge in [0.05, 0.1) is 25.5 Å². The Hall–Kier alpha value is -3.02. The van der Waals surface area contributed by atoms with Crippen LogP contribution < -0.4 is 20.1 Å². The van der Waals surface area contributed by atoms with Crippen LogP contribution in [0.15, 0.2) is 42.5 Å². The van der Waals surface area contributed by atoms with Crippen molar-refractivity contribution in [1.29, 1.82) is 0 Å². The first-order chi connectivity index (χ1) is 12.1. The molecular formula is C19H22N2O4. The Kier molecular flexibility index (Phi) is 6.39. The summed E-state index contributed by atoms with van der Waals surface area (Å²) in [5.74, 6) is 0.448. The van der Waals surface area contributed by atoms with Gasteiger partial charge in [0, 0.05) is 12.1 Å². The van der Waals surface area contributed by atoms with Crippen LogP contribution >= 0.6 is 0 Å². The number of carbonyl (C=O) groups excluding carboxylic acids is 2. The van der Waals surface area contributed by atoms with E-state index in [0.717, 1.165) is 6.42 Å². The third-order valence-electron chi connectivity index (χ3n) is 3.60. The molecule has 0 unspecified atom stereocenters. The number of hydrogen-bond acceptors (Lipinski definition) is 4. The van der Waals surface area contributed by atoms with Crippen molar-refractivity contribution in [3.63, 3.8) is 0 Å². The van der Waals surface area contributed by atoms with E-state index in [1.54, 1.807) is 42.5 Å². The molecule has 0 saturated heterocycles. The van der Waals surface area contributed by atoms with Crippen molar-refractivity contribution in [1.82, 2.24) is 5.32 Å². The maximum absolute atomic E-state index is 12.5. The quantitative estimate of drug-likeness (QED) is 0.811. The minimum atomic E-state index is -0.336. The summed E-state index contributed by atoms with van der Waals surface area (Å²) in [7, 11) is 3.04. The van der Waals surface area contributed by atoms with E-state index >= 15 is 0 Å². The van der Waals surface area contributed by atoms with E-state index in [-0.39, 0.29) is 11.8 Å². The van der Waals surface area contributed by atoms with Gasteiger partial charge in [-0.2, -0.15) is 0 Å². The van der Waals surface area contributed by atoms with Crippen molar-refractivity contribution < 1.29 is 19.1 Å². The maximum atomic E-state index is 12.5. The number of ether oxygens (including phenoxy) is 2. The topological polar surface area (TPSA) is 76.7 Å². The number of nitrogens with one attached hydrogen (secondary N) is 2. The van der Waals surface area contributed by atoms with Gasteiger partial charge in [-0.15, -0.1) is 0 Å². The lowest BCUT2D eigenvalue weighted by Gasteiger charge is -2.12. The van der Waals surface area contributed by atoms with Crippen LogP contribution in [-0.2, 0) is 0 Å². The second kappa shape index (κ2) is 8.73. The van der Waals surface area contributed by atoms with Crippen molar-refractivity contribution in [2.45, 2.75) is 13.3 Å². The number of para-hydroxylation sites is 1. The zero-order valence-electron chi connectivity index (χ0n) is 14.6. The molecule has 2 amide bonds. The molecule has 0 saturated carbocycles. The molecule has 0 heterocycles. The molecule has 2 rings (SSSR count). The fourth-order valence-electron chi connectivity index (χ4n) is 2.30. The van der Waals surface area contributed by atoms with Gasteiger partial charge in [0.15, 0.2) is 11.5 Å². The fraction of sp³-hybridized carbons (Fsp3) is 0.263. The first-order valence-electron chi connectivity index (χ1n) is 8.01. The minimum Gasteiger partial charge on any atom is -0.493 e. The summed E-state index contributed by atoms with van der Waals surface area (Å²) < 4.78 is 10.4. The van der Waals surface area contributed by atoms with Crippen molar-refractivity contribution in [3.8, 4) is 11.5 Å². The monoisotopic (exact) mass is 342 g/mol. The van der Waals surface area contributed by atoms with Crippen LogP contribution in [0.3, 0.4) is 0 Å². The highest BCUT2D eigenvalue weighted by atomic mass is 16.5. The van der Waals surface area contributed by atoms with Crippen LogP contribution in [0, 0.1) is 0 Å². The third kappa shape index (κ3) is 4.50. The highest BCUT2D eigenvalue weighted by Gasteiger charge is 2.15. The van der Waals surface area contributed by atoms with Crippen LogP contribution in [0.5, 0.6) is 11.5 Å². The Balaban J connectivity index is 2.22. The minimum absolute atomic E-state index is 0.218. The van der Waals surface area contributed by atoms with E-state index in [4.69, 9.17) is 9.47 Å². The summed E-state index contributed by atoms with van der Waals surface area (Å²) in [5.41, 5.74) is 1.28. The molecule has 0 atom stereocenters. The molecule has 0 aromatic heterocycles. The van der Waals surface area contributed by atoms with E-state index in [2.05, 4.69) is 10.6 Å². The fourth-order valence-corrected chi connectivity index (χ4v) is 2.30. The molecule has 6 heteroatoms. The first-order valence-corrected chi connectivity index (χ1v) is 8.01. The molecule has 2 aromatic rings. The van der Waals surface area contributed by atoms with Crippen LogP contribution in [0.25, 0.3) is 0 Å². The lowest BCUT2D eigenvalue weighted by molar-refractivity contribution is 0.0954. The molecule has 0 aliphatic carbocycles. The number of methoxy groups -OCH3 is 2. The molecule has 0 fully saturated rings. The average Bonchev–Trinajstić information content (AvgIpc) is 2.65. The van der Waals surface area contributed by atoms with E-state index in [0.29, 0.717) is 34.9 Å². The van der Waals surface area contributed by atoms with Gasteiger partial charge in [-0.05, 0) is 36.8 Å². The van der Waals surface area contributed by atoms with Crippen molar-refractivity contribution >= 4 is 17.5 Å². The Morgan fingerprint density at radius 3 is 2.36 bits per heavy atom. The summed E-state index contributed by atoms with van der Waals surface area (Å²) in [6.07, 6.45) is 0.839. The summed E-state index contributed by atoms with van der Waals surface area (Å²) in [6, 6.07) is 11.8. The average molecular weight is 342 g/mol. The number of amides is 2. The zero-order chi connectivity index (χ0) is 18.2. The third-order valence-corrected chi connectivity index (χ3v) is 3.60. The van der Waals surface area contributed by atoms with Crippen LogP contribution in [0.2, 0.25) is 0 Å². The van der Waals surface area contributed by atoms with Crippen molar-refractivity contribution in [2.75, 3.05) is 26.1 Å². The Bertz CT molecular complexity index is 759. The Morgan fingerprint density at radius 1 is 0.960 bits per heavy atom. The summed E-state index contributed by atoms with van der Waals surface area (Å²) in [6.45, 7) is 2.56. The second-order valence-corrected chi connectivity index (χ2v) is 5.33. The van der Waals surface area contributed by atoms with Gasteiger partial charge in [0.25, 0.3) is 11.8 Å². The molecule has 0 aliphatic heterocycles. The molecule has 0 spiro atoms. The number of carbonyl (C=O) groups is 2. The predicted molar refractivity (Wildman–Crippen MR) is 96.6 cm³/mol. The number of anilines is 1. The van der Waals surface area contributed by atoms with Gasteiger partial charge in [-0.3, -0.25) is 9.59 Å². The smallest absolute Gasteiger partial charge is 0.255 e. The highest BCUT2D eigenvalue weighted by molar-refractivity contribution is 6.09. The van der Waals surface area contributed by atoms with E-state index in [9.17, 15) is 9.59 Å². The maximum Gasteiger partial charge on any atom is 0.255 e. The first kappa shape index (κ1) is 18.3. The number of rotatable bonds is 7. The predicted octanol–water partition coefficient (Wildman–Crippen LogP) is 3.10. The van der Waals surface area contributed by atoms with E-state index in [1.165, 1.54) is 14.2 Å². The number of hydrogen-bond donors (Lipinski definition) is 2. The summed E-state index contributed by atoms with van der Waals surface area (Å²) >= 11 is 0. The molecule has 2 N–H and O–H groups in total. The van der Waals surface area contributed by atoms with E-state index in [1.807, 2.05) is 6.92 Å². The van der Waals surface area contributed by atoms with Crippen LogP contribution in [0.4, 0.5) is 5.69 Å². The van der Waals surface area contributed by atoms with Gasteiger partial charge in [-0.25, -0.2) is 0 Å². The van der Waals surface area contributed by atoms with Gasteiger partial charge in [0.1, 0.15) is 0 Å². The van der Waals surface area contributed by atoms with Gasteiger partial charge >= 0.3 is 0 Å². The van der Waals surface area contributed by atoms with E-state index < -0.39 is 0 Å². The Morgan fingerprint density at radius 2 is 1.68 bits per heavy atom. The number of benzene rings is 2. The SMILES string of the molecule is CCCNC(=O)c1ccccc1NC(=O)c1ccc(OC)c(OC)c1. The highest BCUT2D eigenvalue weighted by Crippen LogP contribution is 2.28. The van der Waals surface area contributed by atoms with Crippen molar-refractivity contribution in [2.24, 2.45) is 0 Å². The molecule has 0 radical (unpaired) electrons. The molecule has 2 aromatic carbocycles. The normalized spacial score (nSPS) is 10.0. The Labute approximate surface area is 147 Å². The summed E-state index contributed by atoms with van der Waals surface area (Å²) in [4.78, 5) is 24.8. The lowest BCUT2D eigenvalue weighted by Crippen LogP contribution is -2.25. The molecule has 25 heavy (non-hydrogen) atoms. The molecule has 0 bridgehead atoms. The van der Waals surface area contributed by atoms with Crippen LogP contribution in [0.1, 0.15) is 34.1 Å². The zero-order valence-corrected chi connectivity index (χ0v) is 14.6. The molecule has 0 aliphatic rings.